The van der Waals surface area contributed by atoms with Crippen LogP contribution in [0.5, 0.6) is 0 Å². The number of carboxylic acids is 1. The van der Waals surface area contributed by atoms with Gasteiger partial charge in [-0.25, -0.2) is 4.79 Å². The van der Waals surface area contributed by atoms with Crippen molar-refractivity contribution in [3.05, 3.63) is 51.4 Å². The predicted octanol–water partition coefficient (Wildman–Crippen LogP) is 4.15. The number of benzene rings is 1. The maximum Gasteiger partial charge on any atom is 0.339 e. The third-order valence-electron chi connectivity index (χ3n) is 4.69. The second-order valence-electron chi connectivity index (χ2n) is 7.34. The van der Waals surface area contributed by atoms with E-state index in [0.29, 0.717) is 17.1 Å². The first-order chi connectivity index (χ1) is 12.3. The minimum atomic E-state index is -0.983. The second kappa shape index (κ2) is 7.42. The number of fused-ring (bicyclic) bond motifs is 1. The molecule has 0 saturated carbocycles. The van der Waals surface area contributed by atoms with Gasteiger partial charge in [0.15, 0.2) is 0 Å². The third-order valence-corrected chi connectivity index (χ3v) is 6.05. The molecule has 1 aliphatic carbocycles. The highest BCUT2D eigenvalue weighted by Gasteiger charge is 2.33. The molecule has 0 atom stereocenters. The Bertz CT molecular complexity index is 858. The summed E-state index contributed by atoms with van der Waals surface area (Å²) in [5.74, 6) is -1.28. The molecule has 138 valence electrons. The molecule has 0 unspecified atom stereocenters. The number of hydrogen-bond acceptors (Lipinski definition) is 5. The zero-order chi connectivity index (χ0) is 18.9. The number of thiol groups is 1. The largest absolute Gasteiger partial charge is 0.478 e. The Morgan fingerprint density at radius 1 is 1.35 bits per heavy atom. The molecule has 3 rings (SSSR count). The zero-order valence-corrected chi connectivity index (χ0v) is 16.5. The van der Waals surface area contributed by atoms with E-state index < -0.39 is 5.97 Å². The van der Waals surface area contributed by atoms with Crippen molar-refractivity contribution in [2.24, 2.45) is 5.41 Å². The van der Waals surface area contributed by atoms with E-state index in [1.807, 2.05) is 6.07 Å². The van der Waals surface area contributed by atoms with Crippen molar-refractivity contribution >= 4 is 41.0 Å². The molecule has 1 heterocycles. The smallest absolute Gasteiger partial charge is 0.339 e. The molecular formula is C19H22N2O3S2. The fraction of sp³-hybridized carbons (Fsp3) is 0.368. The summed E-state index contributed by atoms with van der Waals surface area (Å²) < 4.78 is 2.75. The minimum Gasteiger partial charge on any atom is -0.478 e. The van der Waals surface area contributed by atoms with E-state index in [1.54, 1.807) is 18.2 Å². The number of carboxylic acid groups (broad SMARTS) is 1. The lowest BCUT2D eigenvalue weighted by Crippen LogP contribution is -2.22. The van der Waals surface area contributed by atoms with Crippen molar-refractivity contribution in [2.45, 2.75) is 39.7 Å². The Balaban J connectivity index is 1.90. The molecule has 1 aromatic heterocycles. The molecule has 1 aromatic carbocycles. The Hall–Kier alpha value is -1.83. The summed E-state index contributed by atoms with van der Waals surface area (Å²) in [7, 11) is 0. The summed E-state index contributed by atoms with van der Waals surface area (Å²) in [5.41, 5.74) is 2.63. The van der Waals surface area contributed by atoms with Crippen LogP contribution in [0.4, 0.5) is 5.00 Å². The molecule has 1 amide bonds. The van der Waals surface area contributed by atoms with E-state index in [4.69, 9.17) is 0 Å². The average molecular weight is 391 g/mol. The molecule has 2 aromatic rings. The van der Waals surface area contributed by atoms with Crippen LogP contribution >= 0.6 is 24.2 Å². The SMILES string of the molecule is CC1(C)CCc2sc(NC(=O)c3cccc(CNS)c3)c(C(=O)O)c2C1. The topological polar surface area (TPSA) is 78.4 Å². The van der Waals surface area contributed by atoms with Gasteiger partial charge in [0, 0.05) is 17.0 Å². The monoisotopic (exact) mass is 390 g/mol. The molecule has 0 saturated heterocycles. The van der Waals surface area contributed by atoms with Crippen molar-refractivity contribution in [3.8, 4) is 0 Å². The number of aryl methyl sites for hydroxylation is 1. The molecule has 0 spiro atoms. The number of anilines is 1. The number of carbonyl (C=O) groups is 2. The van der Waals surface area contributed by atoms with E-state index in [1.165, 1.54) is 11.3 Å². The molecule has 1 aliphatic rings. The van der Waals surface area contributed by atoms with E-state index >= 15 is 0 Å². The predicted molar refractivity (Wildman–Crippen MR) is 107 cm³/mol. The molecule has 0 bridgehead atoms. The van der Waals surface area contributed by atoms with Gasteiger partial charge in [-0.05, 0) is 47.9 Å². The highest BCUT2D eigenvalue weighted by Crippen LogP contribution is 2.43. The third kappa shape index (κ3) is 3.95. The second-order valence-corrected chi connectivity index (χ2v) is 8.76. The van der Waals surface area contributed by atoms with Gasteiger partial charge in [-0.3, -0.25) is 9.52 Å². The number of rotatable bonds is 5. The maximum absolute atomic E-state index is 12.6. The van der Waals surface area contributed by atoms with Gasteiger partial charge in [-0.1, -0.05) is 38.8 Å². The highest BCUT2D eigenvalue weighted by atomic mass is 32.1. The van der Waals surface area contributed by atoms with Gasteiger partial charge in [0.25, 0.3) is 5.91 Å². The van der Waals surface area contributed by atoms with Crippen LogP contribution in [0, 0.1) is 5.41 Å². The Kier molecular flexibility index (Phi) is 5.41. The Morgan fingerprint density at radius 2 is 2.12 bits per heavy atom. The maximum atomic E-state index is 12.6. The first-order valence-electron chi connectivity index (χ1n) is 8.46. The number of thiophene rings is 1. The normalized spacial score (nSPS) is 15.3. The van der Waals surface area contributed by atoms with Crippen molar-refractivity contribution in [2.75, 3.05) is 5.32 Å². The molecule has 0 aliphatic heterocycles. The molecular weight excluding hydrogens is 368 g/mol. The van der Waals surface area contributed by atoms with Crippen LogP contribution in [0.1, 0.15) is 57.0 Å². The quantitative estimate of drug-likeness (QED) is 0.579. The van der Waals surface area contributed by atoms with E-state index in [-0.39, 0.29) is 16.9 Å². The van der Waals surface area contributed by atoms with Crippen LogP contribution in [0.3, 0.4) is 0 Å². The number of nitrogens with one attached hydrogen (secondary N) is 2. The van der Waals surface area contributed by atoms with Crippen LogP contribution in [-0.4, -0.2) is 17.0 Å². The standard InChI is InChI=1S/C19H22N2O3S2/c1-19(2)7-6-14-13(9-19)15(18(23)24)17(26-14)21-16(22)12-5-3-4-11(8-12)10-20-25/h3-5,8,20,25H,6-7,9-10H2,1-2H3,(H,21,22)(H,23,24). The number of aromatic carboxylic acids is 1. The van der Waals surface area contributed by atoms with Crippen LogP contribution in [0.15, 0.2) is 24.3 Å². The van der Waals surface area contributed by atoms with Crippen molar-refractivity contribution in [3.63, 3.8) is 0 Å². The summed E-state index contributed by atoms with van der Waals surface area (Å²) >= 11 is 5.37. The van der Waals surface area contributed by atoms with Crippen LogP contribution in [0.2, 0.25) is 0 Å². The lowest BCUT2D eigenvalue weighted by Gasteiger charge is -2.29. The van der Waals surface area contributed by atoms with Gasteiger partial charge in [-0.15, -0.1) is 11.3 Å². The van der Waals surface area contributed by atoms with Gasteiger partial charge in [0.2, 0.25) is 0 Å². The summed E-state index contributed by atoms with van der Waals surface area (Å²) in [6, 6.07) is 7.19. The van der Waals surface area contributed by atoms with Gasteiger partial charge >= 0.3 is 5.97 Å². The Labute approximate surface area is 162 Å². The van der Waals surface area contributed by atoms with Gasteiger partial charge in [-0.2, -0.15) is 0 Å². The summed E-state index contributed by atoms with van der Waals surface area (Å²) in [6.07, 6.45) is 2.59. The van der Waals surface area contributed by atoms with Gasteiger partial charge < -0.3 is 10.4 Å². The summed E-state index contributed by atoms with van der Waals surface area (Å²) in [6.45, 7) is 4.84. The molecule has 26 heavy (non-hydrogen) atoms. The lowest BCUT2D eigenvalue weighted by molar-refractivity contribution is 0.0696. The van der Waals surface area contributed by atoms with Gasteiger partial charge in [0.1, 0.15) is 5.00 Å². The number of hydrogen-bond donors (Lipinski definition) is 4. The molecule has 3 N–H and O–H groups in total. The van der Waals surface area contributed by atoms with Crippen molar-refractivity contribution in [1.29, 1.82) is 0 Å². The molecule has 7 heteroatoms. The molecule has 0 radical (unpaired) electrons. The Morgan fingerprint density at radius 3 is 2.81 bits per heavy atom. The zero-order valence-electron chi connectivity index (χ0n) is 14.8. The number of carbonyl (C=O) groups excluding carboxylic acids is 1. The van der Waals surface area contributed by atoms with Crippen molar-refractivity contribution in [1.82, 2.24) is 4.72 Å². The summed E-state index contributed by atoms with van der Waals surface area (Å²) in [4.78, 5) is 25.6. The average Bonchev–Trinajstić information content (AvgIpc) is 2.91. The van der Waals surface area contributed by atoms with Gasteiger partial charge in [0.05, 0.1) is 5.56 Å². The van der Waals surface area contributed by atoms with E-state index in [9.17, 15) is 14.7 Å². The molecule has 0 fully saturated rings. The first kappa shape index (κ1) is 18.9. The molecule has 5 nitrogen and oxygen atoms in total. The lowest BCUT2D eigenvalue weighted by atomic mass is 9.76. The fourth-order valence-corrected chi connectivity index (χ4v) is 4.71. The minimum absolute atomic E-state index is 0.0771. The highest BCUT2D eigenvalue weighted by molar-refractivity contribution is 7.78. The van der Waals surface area contributed by atoms with E-state index in [2.05, 4.69) is 36.7 Å². The van der Waals surface area contributed by atoms with E-state index in [0.717, 1.165) is 35.3 Å². The first-order valence-corrected chi connectivity index (χ1v) is 9.72. The fourth-order valence-electron chi connectivity index (χ4n) is 3.32. The van der Waals surface area contributed by atoms with Crippen LogP contribution in [0.25, 0.3) is 0 Å². The summed E-state index contributed by atoms with van der Waals surface area (Å²) in [5, 5.41) is 13.0. The number of amides is 1. The van der Waals surface area contributed by atoms with Crippen LogP contribution < -0.4 is 10.0 Å². The van der Waals surface area contributed by atoms with Crippen LogP contribution in [-0.2, 0) is 19.4 Å². The van der Waals surface area contributed by atoms with Crippen molar-refractivity contribution < 1.29 is 14.7 Å².